The maximum atomic E-state index is 12.5. The Morgan fingerprint density at radius 1 is 1.14 bits per heavy atom. The summed E-state index contributed by atoms with van der Waals surface area (Å²) in [5, 5.41) is 1.14. The molecule has 1 aromatic carbocycles. The lowest BCUT2D eigenvalue weighted by molar-refractivity contribution is 0.0544. The second-order valence-corrected chi connectivity index (χ2v) is 8.26. The van der Waals surface area contributed by atoms with Gasteiger partial charge in [0.25, 0.3) is 0 Å². The molecule has 0 amide bonds. The molecule has 3 heteroatoms. The van der Waals surface area contributed by atoms with Crippen LogP contribution in [0.25, 0.3) is 10.9 Å². The van der Waals surface area contributed by atoms with E-state index in [-0.39, 0.29) is 11.5 Å². The smallest absolute Gasteiger partial charge is 0.419 e. The van der Waals surface area contributed by atoms with E-state index in [0.29, 0.717) is 0 Å². The summed E-state index contributed by atoms with van der Waals surface area (Å²) in [4.78, 5) is 12.5. The molecule has 1 aromatic heterocycles. The van der Waals surface area contributed by atoms with Gasteiger partial charge < -0.3 is 4.74 Å². The predicted molar refractivity (Wildman–Crippen MR) is 91.5 cm³/mol. The number of benzene rings is 1. The molecule has 0 radical (unpaired) electrons. The van der Waals surface area contributed by atoms with Crippen molar-refractivity contribution in [1.82, 2.24) is 4.57 Å². The zero-order chi connectivity index (χ0) is 16.7. The Kier molecular flexibility index (Phi) is 4.12. The summed E-state index contributed by atoms with van der Waals surface area (Å²) < 4.78 is 7.17. The second kappa shape index (κ2) is 5.45. The Labute approximate surface area is 133 Å². The van der Waals surface area contributed by atoms with Crippen LogP contribution in [0.1, 0.15) is 52.7 Å². The van der Waals surface area contributed by atoms with Crippen LogP contribution in [0.4, 0.5) is 4.79 Å². The van der Waals surface area contributed by atoms with Crippen molar-refractivity contribution in [3.05, 3.63) is 35.5 Å². The Morgan fingerprint density at radius 3 is 2.32 bits per heavy atom. The highest BCUT2D eigenvalue weighted by atomic mass is 16.6. The van der Waals surface area contributed by atoms with E-state index in [1.165, 1.54) is 11.1 Å². The van der Waals surface area contributed by atoms with Gasteiger partial charge in [0, 0.05) is 11.6 Å². The van der Waals surface area contributed by atoms with Crippen molar-refractivity contribution in [1.29, 1.82) is 0 Å². The molecular formula is C19H27NO2. The lowest BCUT2D eigenvalue weighted by Crippen LogP contribution is -2.26. The maximum absolute atomic E-state index is 12.5. The summed E-state index contributed by atoms with van der Waals surface area (Å²) in [5.41, 5.74) is 2.97. The first-order valence-electron chi connectivity index (χ1n) is 7.80. The number of aryl methyl sites for hydroxylation is 1. The molecule has 0 fully saturated rings. The van der Waals surface area contributed by atoms with Gasteiger partial charge in [-0.05, 0) is 57.2 Å². The van der Waals surface area contributed by atoms with Crippen molar-refractivity contribution in [3.63, 3.8) is 0 Å². The van der Waals surface area contributed by atoms with E-state index in [9.17, 15) is 4.79 Å². The summed E-state index contributed by atoms with van der Waals surface area (Å²) in [6.45, 7) is 14.4. The van der Waals surface area contributed by atoms with E-state index >= 15 is 0 Å². The Hall–Kier alpha value is -1.77. The third kappa shape index (κ3) is 3.90. The quantitative estimate of drug-likeness (QED) is 0.713. The van der Waals surface area contributed by atoms with E-state index in [1.807, 2.05) is 39.1 Å². The highest BCUT2D eigenvalue weighted by Gasteiger charge is 2.22. The average Bonchev–Trinajstić information content (AvgIpc) is 2.63. The van der Waals surface area contributed by atoms with E-state index < -0.39 is 5.60 Å². The maximum Gasteiger partial charge on any atom is 0.419 e. The van der Waals surface area contributed by atoms with E-state index in [2.05, 4.69) is 33.8 Å². The first-order valence-corrected chi connectivity index (χ1v) is 7.80. The van der Waals surface area contributed by atoms with Crippen molar-refractivity contribution in [3.8, 4) is 0 Å². The molecule has 0 saturated heterocycles. The number of hydrogen-bond acceptors (Lipinski definition) is 2. The lowest BCUT2D eigenvalue weighted by atomic mass is 9.88. The van der Waals surface area contributed by atoms with Crippen LogP contribution < -0.4 is 0 Å². The molecule has 22 heavy (non-hydrogen) atoms. The molecule has 0 unspecified atom stereocenters. The molecule has 0 aliphatic carbocycles. The number of nitrogens with zero attached hydrogens (tertiary/aromatic N) is 1. The molecule has 3 nitrogen and oxygen atoms in total. The van der Waals surface area contributed by atoms with Crippen molar-refractivity contribution in [2.45, 2.75) is 60.5 Å². The topological polar surface area (TPSA) is 31.2 Å². The third-order valence-electron chi connectivity index (χ3n) is 3.35. The molecule has 2 rings (SSSR count). The number of carbonyl (C=O) groups excluding carboxylic acids is 1. The first-order chi connectivity index (χ1) is 9.96. The van der Waals surface area contributed by atoms with Gasteiger partial charge in [-0.2, -0.15) is 0 Å². The average molecular weight is 301 g/mol. The fourth-order valence-corrected chi connectivity index (χ4v) is 2.59. The van der Waals surface area contributed by atoms with Crippen LogP contribution in [0.15, 0.2) is 24.4 Å². The molecule has 0 bridgehead atoms. The molecule has 0 saturated carbocycles. The van der Waals surface area contributed by atoms with Crippen LogP contribution >= 0.6 is 0 Å². The number of carbonyl (C=O) groups is 1. The van der Waals surface area contributed by atoms with E-state index in [1.54, 1.807) is 4.57 Å². The molecule has 0 aliphatic heterocycles. The third-order valence-corrected chi connectivity index (χ3v) is 3.35. The minimum Gasteiger partial charge on any atom is -0.443 e. The molecule has 0 N–H and O–H groups in total. The Morgan fingerprint density at radius 2 is 1.77 bits per heavy atom. The van der Waals surface area contributed by atoms with Gasteiger partial charge in [-0.3, -0.25) is 4.57 Å². The van der Waals surface area contributed by atoms with Crippen molar-refractivity contribution < 1.29 is 9.53 Å². The van der Waals surface area contributed by atoms with Crippen LogP contribution in [0.2, 0.25) is 0 Å². The second-order valence-electron chi connectivity index (χ2n) is 8.26. The monoisotopic (exact) mass is 301 g/mol. The van der Waals surface area contributed by atoms with E-state index in [0.717, 1.165) is 17.3 Å². The highest BCUT2D eigenvalue weighted by Crippen LogP contribution is 2.29. The molecule has 1 heterocycles. The highest BCUT2D eigenvalue weighted by molar-refractivity contribution is 5.92. The van der Waals surface area contributed by atoms with Gasteiger partial charge in [0.15, 0.2) is 0 Å². The number of hydrogen-bond donors (Lipinski definition) is 0. The van der Waals surface area contributed by atoms with Gasteiger partial charge in [-0.15, -0.1) is 0 Å². The summed E-state index contributed by atoms with van der Waals surface area (Å²) in [7, 11) is 0. The zero-order valence-corrected chi connectivity index (χ0v) is 14.8. The summed E-state index contributed by atoms with van der Waals surface area (Å²) in [5.74, 6) is 0. The largest absolute Gasteiger partial charge is 0.443 e. The van der Waals surface area contributed by atoms with Crippen molar-refractivity contribution in [2.24, 2.45) is 5.41 Å². The van der Waals surface area contributed by atoms with Crippen LogP contribution in [-0.2, 0) is 11.2 Å². The van der Waals surface area contributed by atoms with Gasteiger partial charge in [-0.1, -0.05) is 32.4 Å². The normalized spacial score (nSPS) is 12.7. The molecule has 0 spiro atoms. The van der Waals surface area contributed by atoms with Gasteiger partial charge in [-0.25, -0.2) is 4.79 Å². The van der Waals surface area contributed by atoms with Crippen LogP contribution in [0.3, 0.4) is 0 Å². The van der Waals surface area contributed by atoms with E-state index in [4.69, 9.17) is 4.74 Å². The van der Waals surface area contributed by atoms with Gasteiger partial charge >= 0.3 is 6.09 Å². The molecule has 0 aliphatic rings. The van der Waals surface area contributed by atoms with Crippen molar-refractivity contribution in [2.75, 3.05) is 0 Å². The lowest BCUT2D eigenvalue weighted by Gasteiger charge is -2.20. The Balaban J connectivity index is 2.54. The molecule has 2 aromatic rings. The minimum atomic E-state index is -0.497. The van der Waals surface area contributed by atoms with Crippen molar-refractivity contribution >= 4 is 17.0 Å². The fraction of sp³-hybridized carbons (Fsp3) is 0.526. The van der Waals surface area contributed by atoms with Gasteiger partial charge in [0.1, 0.15) is 5.60 Å². The first kappa shape index (κ1) is 16.6. The van der Waals surface area contributed by atoms with Crippen LogP contribution in [0, 0.1) is 12.3 Å². The minimum absolute atomic E-state index is 0.163. The van der Waals surface area contributed by atoms with Gasteiger partial charge in [0.05, 0.1) is 5.52 Å². The molecule has 0 atom stereocenters. The summed E-state index contributed by atoms with van der Waals surface area (Å²) >= 11 is 0. The SMILES string of the molecule is Cc1ccc2c(c1)c(CC(C)(C)C)cn2C(=O)OC(C)(C)C. The number of fused-ring (bicyclic) bond motifs is 1. The molecule has 120 valence electrons. The number of ether oxygens (including phenoxy) is 1. The fourth-order valence-electron chi connectivity index (χ4n) is 2.59. The standard InChI is InChI=1S/C19H27NO2/c1-13-8-9-16-15(10-13)14(11-18(2,3)4)12-20(16)17(21)22-19(5,6)7/h8-10,12H,11H2,1-7H3. The Bertz CT molecular complexity index is 697. The van der Waals surface area contributed by atoms with Crippen LogP contribution in [-0.4, -0.2) is 16.3 Å². The molecular weight excluding hydrogens is 274 g/mol. The van der Waals surface area contributed by atoms with Gasteiger partial charge in [0.2, 0.25) is 0 Å². The summed E-state index contributed by atoms with van der Waals surface area (Å²) in [6, 6.07) is 6.18. The number of rotatable bonds is 1. The zero-order valence-electron chi connectivity index (χ0n) is 14.8. The van der Waals surface area contributed by atoms with Crippen LogP contribution in [0.5, 0.6) is 0 Å². The summed E-state index contributed by atoms with van der Waals surface area (Å²) in [6.07, 6.45) is 2.54. The predicted octanol–water partition coefficient (Wildman–Crippen LogP) is 5.32. The number of aromatic nitrogens is 1.